The summed E-state index contributed by atoms with van der Waals surface area (Å²) in [5, 5.41) is 3.47. The minimum absolute atomic E-state index is 0.112. The molecule has 0 radical (unpaired) electrons. The van der Waals surface area contributed by atoms with Crippen molar-refractivity contribution in [3.05, 3.63) is 77.8 Å². The van der Waals surface area contributed by atoms with Crippen LogP contribution in [0.2, 0.25) is 5.02 Å². The fourth-order valence-electron chi connectivity index (χ4n) is 3.95. The van der Waals surface area contributed by atoms with Crippen LogP contribution in [0, 0.1) is 0 Å². The zero-order valence-electron chi connectivity index (χ0n) is 18.0. The van der Waals surface area contributed by atoms with Crippen molar-refractivity contribution in [2.75, 3.05) is 23.3 Å². The molecule has 2 aromatic heterocycles. The molecular formula is C25H21ClN6O. The van der Waals surface area contributed by atoms with Crippen LogP contribution < -0.4 is 10.2 Å². The molecule has 1 aliphatic heterocycles. The highest BCUT2D eigenvalue weighted by molar-refractivity contribution is 6.31. The summed E-state index contributed by atoms with van der Waals surface area (Å²) in [4.78, 5) is 32.1. The maximum Gasteiger partial charge on any atom is 0.221 e. The van der Waals surface area contributed by atoms with E-state index < -0.39 is 0 Å². The molecular weight excluding hydrogens is 436 g/mol. The lowest BCUT2D eigenvalue weighted by Crippen LogP contribution is -2.30. The summed E-state index contributed by atoms with van der Waals surface area (Å²) in [5.41, 5.74) is 6.04. The second-order valence-electron chi connectivity index (χ2n) is 7.80. The summed E-state index contributed by atoms with van der Waals surface area (Å²) in [6.07, 6.45) is 8.18. The van der Waals surface area contributed by atoms with E-state index in [0.717, 1.165) is 58.0 Å². The van der Waals surface area contributed by atoms with E-state index >= 15 is 0 Å². The Morgan fingerprint density at radius 1 is 1.06 bits per heavy atom. The molecule has 0 unspecified atom stereocenters. The van der Waals surface area contributed by atoms with Gasteiger partial charge in [-0.05, 0) is 42.3 Å². The van der Waals surface area contributed by atoms with Crippen molar-refractivity contribution in [1.82, 2.24) is 19.9 Å². The molecule has 0 fully saturated rings. The maximum atomic E-state index is 11.4. The smallest absolute Gasteiger partial charge is 0.221 e. The van der Waals surface area contributed by atoms with Crippen molar-refractivity contribution in [3.63, 3.8) is 0 Å². The van der Waals surface area contributed by atoms with E-state index in [2.05, 4.69) is 31.2 Å². The van der Waals surface area contributed by atoms with Gasteiger partial charge in [0.05, 0.1) is 22.9 Å². The molecule has 7 nitrogen and oxygen atoms in total. The van der Waals surface area contributed by atoms with Crippen LogP contribution in [0.5, 0.6) is 0 Å². The first-order valence-electron chi connectivity index (χ1n) is 10.6. The highest BCUT2D eigenvalue weighted by atomic mass is 35.5. The number of anilines is 2. The van der Waals surface area contributed by atoms with Gasteiger partial charge in [0.1, 0.15) is 5.69 Å². The molecule has 164 valence electrons. The first kappa shape index (κ1) is 21.0. The molecule has 0 saturated heterocycles. The number of nitrogens with zero attached hydrogens (tertiary/aromatic N) is 5. The topological polar surface area (TPSA) is 83.9 Å². The summed E-state index contributed by atoms with van der Waals surface area (Å²) in [5.74, 6) is 0.698. The van der Waals surface area contributed by atoms with Crippen LogP contribution in [0.4, 0.5) is 11.5 Å². The number of amides is 1. The molecule has 2 aromatic carbocycles. The van der Waals surface area contributed by atoms with E-state index in [4.69, 9.17) is 16.6 Å². The van der Waals surface area contributed by atoms with Gasteiger partial charge in [0.25, 0.3) is 0 Å². The number of nitrogens with one attached hydrogen (secondary N) is 1. The van der Waals surface area contributed by atoms with Gasteiger partial charge in [-0.2, -0.15) is 0 Å². The van der Waals surface area contributed by atoms with E-state index in [1.807, 2.05) is 48.7 Å². The van der Waals surface area contributed by atoms with Crippen molar-refractivity contribution >= 4 is 45.6 Å². The molecule has 0 spiro atoms. The Bertz CT molecular complexity index is 1390. The van der Waals surface area contributed by atoms with Crippen molar-refractivity contribution in [2.24, 2.45) is 0 Å². The summed E-state index contributed by atoms with van der Waals surface area (Å²) < 4.78 is 0. The lowest BCUT2D eigenvalue weighted by Gasteiger charge is -2.28. The van der Waals surface area contributed by atoms with Gasteiger partial charge in [-0.3, -0.25) is 14.8 Å². The van der Waals surface area contributed by atoms with Gasteiger partial charge in [0.2, 0.25) is 5.91 Å². The summed E-state index contributed by atoms with van der Waals surface area (Å²) in [6, 6.07) is 13.2. The monoisotopic (exact) mass is 456 g/mol. The molecule has 0 bridgehead atoms. The molecule has 3 heterocycles. The number of benzene rings is 2. The summed E-state index contributed by atoms with van der Waals surface area (Å²) >= 11 is 6.12. The molecule has 5 rings (SSSR count). The van der Waals surface area contributed by atoms with Crippen LogP contribution in [-0.2, 0) is 4.79 Å². The lowest BCUT2D eigenvalue weighted by molar-refractivity contribution is -0.114. The SMILES string of the molecule is CC(=O)Nc1cccc(-c2nccnc2N2CC=C(c3cnc4ccc(Cl)cc4n3)CC2)c1. The summed E-state index contributed by atoms with van der Waals surface area (Å²) in [6.45, 7) is 2.95. The van der Waals surface area contributed by atoms with Crippen molar-refractivity contribution in [2.45, 2.75) is 13.3 Å². The minimum atomic E-state index is -0.112. The van der Waals surface area contributed by atoms with E-state index in [1.54, 1.807) is 12.4 Å². The van der Waals surface area contributed by atoms with Crippen LogP contribution in [-0.4, -0.2) is 38.9 Å². The zero-order valence-corrected chi connectivity index (χ0v) is 18.8. The van der Waals surface area contributed by atoms with Crippen LogP contribution in [0.25, 0.3) is 27.9 Å². The predicted molar refractivity (Wildman–Crippen MR) is 131 cm³/mol. The van der Waals surface area contributed by atoms with Gasteiger partial charge < -0.3 is 10.2 Å². The second kappa shape index (κ2) is 8.96. The highest BCUT2D eigenvalue weighted by Crippen LogP contribution is 2.31. The average molecular weight is 457 g/mol. The average Bonchev–Trinajstić information content (AvgIpc) is 2.83. The third-order valence-corrected chi connectivity index (χ3v) is 5.71. The third kappa shape index (κ3) is 4.54. The number of carbonyl (C=O) groups excluding carboxylic acids is 1. The summed E-state index contributed by atoms with van der Waals surface area (Å²) in [7, 11) is 0. The molecule has 33 heavy (non-hydrogen) atoms. The molecule has 1 aliphatic rings. The van der Waals surface area contributed by atoms with Crippen LogP contribution >= 0.6 is 11.6 Å². The molecule has 1 N–H and O–H groups in total. The van der Waals surface area contributed by atoms with E-state index in [0.29, 0.717) is 11.6 Å². The minimum Gasteiger partial charge on any atom is -0.351 e. The number of halogens is 1. The van der Waals surface area contributed by atoms with Gasteiger partial charge in [0, 0.05) is 48.7 Å². The van der Waals surface area contributed by atoms with E-state index in [1.165, 1.54) is 6.92 Å². The van der Waals surface area contributed by atoms with Gasteiger partial charge in [0.15, 0.2) is 5.82 Å². The van der Waals surface area contributed by atoms with Crippen molar-refractivity contribution in [1.29, 1.82) is 0 Å². The Balaban J connectivity index is 1.41. The molecule has 0 aliphatic carbocycles. The first-order valence-corrected chi connectivity index (χ1v) is 11.0. The number of hydrogen-bond donors (Lipinski definition) is 1. The van der Waals surface area contributed by atoms with Crippen LogP contribution in [0.1, 0.15) is 19.0 Å². The van der Waals surface area contributed by atoms with Gasteiger partial charge in [-0.15, -0.1) is 0 Å². The second-order valence-corrected chi connectivity index (χ2v) is 8.24. The maximum absolute atomic E-state index is 11.4. The Labute approximate surface area is 196 Å². The van der Waals surface area contributed by atoms with Gasteiger partial charge >= 0.3 is 0 Å². The van der Waals surface area contributed by atoms with Crippen LogP contribution in [0.15, 0.2) is 67.1 Å². The number of fused-ring (bicyclic) bond motifs is 1. The number of rotatable bonds is 4. The highest BCUT2D eigenvalue weighted by Gasteiger charge is 2.20. The number of carbonyl (C=O) groups is 1. The quantitative estimate of drug-likeness (QED) is 0.465. The van der Waals surface area contributed by atoms with Gasteiger partial charge in [-0.25, -0.2) is 9.97 Å². The Hall–Kier alpha value is -3.84. The predicted octanol–water partition coefficient (Wildman–Crippen LogP) is 4.99. The molecule has 1 amide bonds. The first-order chi connectivity index (χ1) is 16.1. The molecule has 0 atom stereocenters. The zero-order chi connectivity index (χ0) is 22.8. The van der Waals surface area contributed by atoms with Crippen molar-refractivity contribution < 1.29 is 4.79 Å². The van der Waals surface area contributed by atoms with Gasteiger partial charge in [-0.1, -0.05) is 29.8 Å². The third-order valence-electron chi connectivity index (χ3n) is 5.48. The number of aromatic nitrogens is 4. The number of hydrogen-bond acceptors (Lipinski definition) is 6. The van der Waals surface area contributed by atoms with Crippen molar-refractivity contribution in [3.8, 4) is 11.3 Å². The largest absolute Gasteiger partial charge is 0.351 e. The van der Waals surface area contributed by atoms with E-state index in [-0.39, 0.29) is 5.91 Å². The Morgan fingerprint density at radius 2 is 1.94 bits per heavy atom. The molecule has 8 heteroatoms. The molecule has 0 saturated carbocycles. The molecule has 4 aromatic rings. The van der Waals surface area contributed by atoms with E-state index in [9.17, 15) is 4.79 Å². The normalized spacial score (nSPS) is 13.6. The lowest BCUT2D eigenvalue weighted by atomic mass is 10.0. The Morgan fingerprint density at radius 3 is 2.76 bits per heavy atom. The Kier molecular flexibility index (Phi) is 5.71. The fourth-order valence-corrected chi connectivity index (χ4v) is 4.11. The standard InChI is InChI=1S/C25H21ClN6O/c1-16(33)30-20-4-2-3-18(13-20)24-25(28-10-9-27-24)32-11-7-17(8-12-32)23-15-29-21-6-5-19(26)14-22(21)31-23/h2-7,9-10,13-15H,8,11-12H2,1H3,(H,30,33). The fraction of sp³-hybridized carbons (Fsp3) is 0.160. The van der Waals surface area contributed by atoms with Crippen LogP contribution in [0.3, 0.4) is 0 Å².